The highest BCUT2D eigenvalue weighted by Gasteiger charge is 2.26. The van der Waals surface area contributed by atoms with Crippen LogP contribution in [0.1, 0.15) is 26.2 Å². The average Bonchev–Trinajstić information content (AvgIpc) is 2.77. The van der Waals surface area contributed by atoms with E-state index in [2.05, 4.69) is 5.32 Å². The Morgan fingerprint density at radius 2 is 2.22 bits per heavy atom. The Balaban J connectivity index is 2.53. The zero-order chi connectivity index (χ0) is 13.6. The van der Waals surface area contributed by atoms with E-state index in [-0.39, 0.29) is 25.1 Å². The topological polar surface area (TPSA) is 75.7 Å². The number of ether oxygens (including phenoxy) is 1. The number of carbonyl (C=O) groups is 1. The van der Waals surface area contributed by atoms with Crippen molar-refractivity contribution in [3.8, 4) is 0 Å². The molecule has 1 amide bonds. The van der Waals surface area contributed by atoms with Gasteiger partial charge < -0.3 is 10.1 Å². The van der Waals surface area contributed by atoms with Crippen molar-refractivity contribution in [2.45, 2.75) is 32.3 Å². The standard InChI is InChI=1S/C11H22N2O4S/c1-3-6-12-11(14)9-13(18(2,15)16)8-10-5-4-7-17-10/h10H,3-9H2,1-2H3,(H,12,14). The van der Waals surface area contributed by atoms with Gasteiger partial charge in [-0.15, -0.1) is 0 Å². The Labute approximate surface area is 109 Å². The average molecular weight is 278 g/mol. The summed E-state index contributed by atoms with van der Waals surface area (Å²) in [5.74, 6) is -0.264. The zero-order valence-corrected chi connectivity index (χ0v) is 11.8. The summed E-state index contributed by atoms with van der Waals surface area (Å²) in [6.45, 7) is 3.32. The number of nitrogens with one attached hydrogen (secondary N) is 1. The van der Waals surface area contributed by atoms with E-state index in [1.165, 1.54) is 4.31 Å². The van der Waals surface area contributed by atoms with E-state index < -0.39 is 10.0 Å². The fourth-order valence-electron chi connectivity index (χ4n) is 1.81. The summed E-state index contributed by atoms with van der Waals surface area (Å²) < 4.78 is 29.8. The van der Waals surface area contributed by atoms with Crippen LogP contribution in [0.5, 0.6) is 0 Å². The van der Waals surface area contributed by atoms with Crippen LogP contribution in [0, 0.1) is 0 Å². The van der Waals surface area contributed by atoms with Gasteiger partial charge in [-0.2, -0.15) is 4.31 Å². The molecule has 1 saturated heterocycles. The van der Waals surface area contributed by atoms with E-state index in [9.17, 15) is 13.2 Å². The third-order valence-electron chi connectivity index (χ3n) is 2.79. The van der Waals surface area contributed by atoms with Gasteiger partial charge in [-0.3, -0.25) is 4.79 Å². The summed E-state index contributed by atoms with van der Waals surface area (Å²) in [4.78, 5) is 11.6. The maximum atomic E-state index is 11.6. The van der Waals surface area contributed by atoms with Crippen LogP contribution in [-0.2, 0) is 19.6 Å². The molecule has 1 fully saturated rings. The molecule has 0 spiro atoms. The molecule has 106 valence electrons. The molecule has 0 saturated carbocycles. The second-order valence-electron chi connectivity index (χ2n) is 4.54. The SMILES string of the molecule is CCCNC(=O)CN(CC1CCCO1)S(C)(=O)=O. The summed E-state index contributed by atoms with van der Waals surface area (Å²) in [5, 5.41) is 2.67. The van der Waals surface area contributed by atoms with Gasteiger partial charge in [0.05, 0.1) is 18.9 Å². The normalized spacial score (nSPS) is 20.3. The fraction of sp³-hybridized carbons (Fsp3) is 0.909. The summed E-state index contributed by atoms with van der Waals surface area (Å²) in [6.07, 6.45) is 3.66. The molecule has 0 aromatic rings. The maximum absolute atomic E-state index is 11.6. The largest absolute Gasteiger partial charge is 0.377 e. The number of rotatable bonds is 7. The third-order valence-corrected chi connectivity index (χ3v) is 4.01. The molecule has 0 aliphatic carbocycles. The molecule has 0 aromatic carbocycles. The van der Waals surface area contributed by atoms with Gasteiger partial charge in [-0.05, 0) is 19.3 Å². The Kier molecular flexibility index (Phi) is 6.04. The third kappa shape index (κ3) is 5.32. The monoisotopic (exact) mass is 278 g/mol. The zero-order valence-electron chi connectivity index (χ0n) is 11.0. The van der Waals surface area contributed by atoms with Crippen molar-refractivity contribution in [1.29, 1.82) is 0 Å². The molecular weight excluding hydrogens is 256 g/mol. The van der Waals surface area contributed by atoms with E-state index in [1.54, 1.807) is 0 Å². The van der Waals surface area contributed by atoms with Crippen molar-refractivity contribution in [3.63, 3.8) is 0 Å². The second-order valence-corrected chi connectivity index (χ2v) is 6.52. The number of hydrogen-bond acceptors (Lipinski definition) is 4. The van der Waals surface area contributed by atoms with Gasteiger partial charge >= 0.3 is 0 Å². The lowest BCUT2D eigenvalue weighted by Crippen LogP contribution is -2.43. The minimum atomic E-state index is -3.38. The molecule has 1 unspecified atom stereocenters. The van der Waals surface area contributed by atoms with Crippen LogP contribution in [-0.4, -0.2) is 57.2 Å². The minimum absolute atomic E-state index is 0.0845. The van der Waals surface area contributed by atoms with Crippen molar-refractivity contribution >= 4 is 15.9 Å². The van der Waals surface area contributed by atoms with Crippen LogP contribution in [0.4, 0.5) is 0 Å². The maximum Gasteiger partial charge on any atom is 0.235 e. The molecule has 1 aliphatic heterocycles. The summed E-state index contributed by atoms with van der Waals surface area (Å²) >= 11 is 0. The first kappa shape index (κ1) is 15.4. The highest BCUT2D eigenvalue weighted by molar-refractivity contribution is 7.88. The van der Waals surface area contributed by atoms with Crippen LogP contribution < -0.4 is 5.32 Å². The highest BCUT2D eigenvalue weighted by Crippen LogP contribution is 2.14. The predicted molar refractivity (Wildman–Crippen MR) is 68.7 cm³/mol. The number of sulfonamides is 1. The van der Waals surface area contributed by atoms with Crippen LogP contribution in [0.15, 0.2) is 0 Å². The molecule has 0 bridgehead atoms. The summed E-state index contributed by atoms with van der Waals surface area (Å²) in [7, 11) is -3.38. The first-order valence-corrected chi connectivity index (χ1v) is 8.11. The number of amides is 1. The van der Waals surface area contributed by atoms with Crippen LogP contribution in [0.3, 0.4) is 0 Å². The van der Waals surface area contributed by atoms with E-state index in [1.807, 2.05) is 6.92 Å². The molecule has 1 atom stereocenters. The molecule has 18 heavy (non-hydrogen) atoms. The quantitative estimate of drug-likeness (QED) is 0.708. The molecule has 6 nitrogen and oxygen atoms in total. The van der Waals surface area contributed by atoms with Crippen molar-refractivity contribution in [3.05, 3.63) is 0 Å². The molecular formula is C11H22N2O4S. The Morgan fingerprint density at radius 3 is 2.72 bits per heavy atom. The van der Waals surface area contributed by atoms with Gasteiger partial charge in [0.15, 0.2) is 0 Å². The second kappa shape index (κ2) is 7.06. The Morgan fingerprint density at radius 1 is 1.50 bits per heavy atom. The van der Waals surface area contributed by atoms with Crippen LogP contribution in [0.2, 0.25) is 0 Å². The molecule has 0 radical (unpaired) electrons. The van der Waals surface area contributed by atoms with Gasteiger partial charge in [0.1, 0.15) is 0 Å². The number of nitrogens with zero attached hydrogens (tertiary/aromatic N) is 1. The number of carbonyl (C=O) groups excluding carboxylic acids is 1. The van der Waals surface area contributed by atoms with Gasteiger partial charge in [0.25, 0.3) is 0 Å². The summed E-state index contributed by atoms with van der Waals surface area (Å²) in [6, 6.07) is 0. The Bertz CT molecular complexity index is 363. The smallest absolute Gasteiger partial charge is 0.235 e. The van der Waals surface area contributed by atoms with Gasteiger partial charge in [0.2, 0.25) is 15.9 Å². The molecule has 7 heteroatoms. The lowest BCUT2D eigenvalue weighted by Gasteiger charge is -2.22. The van der Waals surface area contributed by atoms with Gasteiger partial charge in [-0.25, -0.2) is 8.42 Å². The highest BCUT2D eigenvalue weighted by atomic mass is 32.2. The first-order valence-electron chi connectivity index (χ1n) is 6.27. The van der Waals surface area contributed by atoms with Crippen molar-refractivity contribution in [2.24, 2.45) is 0 Å². The minimum Gasteiger partial charge on any atom is -0.377 e. The lowest BCUT2D eigenvalue weighted by molar-refractivity contribution is -0.121. The Hall–Kier alpha value is -0.660. The van der Waals surface area contributed by atoms with Crippen molar-refractivity contribution in [1.82, 2.24) is 9.62 Å². The fourth-order valence-corrected chi connectivity index (χ4v) is 2.60. The molecule has 1 aliphatic rings. The first-order chi connectivity index (χ1) is 8.43. The van der Waals surface area contributed by atoms with Crippen molar-refractivity contribution < 1.29 is 17.9 Å². The van der Waals surface area contributed by atoms with Crippen molar-refractivity contribution in [2.75, 3.05) is 32.5 Å². The number of hydrogen-bond donors (Lipinski definition) is 1. The van der Waals surface area contributed by atoms with E-state index in [0.29, 0.717) is 13.2 Å². The molecule has 1 rings (SSSR count). The predicted octanol–water partition coefficient (Wildman–Crippen LogP) is -0.0468. The molecule has 1 heterocycles. The lowest BCUT2D eigenvalue weighted by atomic mass is 10.2. The van der Waals surface area contributed by atoms with E-state index in [0.717, 1.165) is 25.5 Å². The summed E-state index contributed by atoms with van der Waals surface area (Å²) in [5.41, 5.74) is 0. The van der Waals surface area contributed by atoms with Crippen LogP contribution in [0.25, 0.3) is 0 Å². The molecule has 1 N–H and O–H groups in total. The molecule has 0 aromatic heterocycles. The van der Waals surface area contributed by atoms with E-state index >= 15 is 0 Å². The van der Waals surface area contributed by atoms with Gasteiger partial charge in [-0.1, -0.05) is 6.92 Å². The van der Waals surface area contributed by atoms with Gasteiger partial charge in [0, 0.05) is 19.7 Å². The van der Waals surface area contributed by atoms with Crippen LogP contribution >= 0.6 is 0 Å². The van der Waals surface area contributed by atoms with E-state index in [4.69, 9.17) is 4.74 Å².